The van der Waals surface area contributed by atoms with Crippen LogP contribution in [-0.2, 0) is 6.54 Å². The Kier molecular flexibility index (Phi) is 3.35. The van der Waals surface area contributed by atoms with Crippen molar-refractivity contribution in [3.05, 3.63) is 53.6 Å². The van der Waals surface area contributed by atoms with Gasteiger partial charge in [0.25, 0.3) is 5.91 Å². The molecule has 0 aliphatic heterocycles. The molecule has 5 nitrogen and oxygen atoms in total. The topological polar surface area (TPSA) is 83.8 Å². The Hall–Kier alpha value is -2.66. The maximum Gasteiger partial charge on any atom is 0.250 e. The van der Waals surface area contributed by atoms with Crippen LogP contribution in [-0.4, -0.2) is 21.9 Å². The molecule has 2 aromatic carbocycles. The second-order valence-electron chi connectivity index (χ2n) is 6.00. The first kappa shape index (κ1) is 14.0. The van der Waals surface area contributed by atoms with Gasteiger partial charge in [-0.2, -0.15) is 0 Å². The molecule has 0 radical (unpaired) electrons. The van der Waals surface area contributed by atoms with Gasteiger partial charge in [-0.25, -0.2) is 4.98 Å². The first-order valence-electron chi connectivity index (χ1n) is 7.82. The van der Waals surface area contributed by atoms with Crippen LogP contribution in [0.4, 0.5) is 0 Å². The number of hydrogen-bond acceptors (Lipinski definition) is 3. The van der Waals surface area contributed by atoms with Gasteiger partial charge in [-0.3, -0.25) is 4.79 Å². The van der Waals surface area contributed by atoms with Crippen molar-refractivity contribution >= 4 is 16.9 Å². The lowest BCUT2D eigenvalue weighted by molar-refractivity contribution is 0.100. The van der Waals surface area contributed by atoms with Crippen LogP contribution < -0.4 is 11.1 Å². The number of aromatic nitrogens is 2. The van der Waals surface area contributed by atoms with E-state index in [-0.39, 0.29) is 0 Å². The van der Waals surface area contributed by atoms with Crippen LogP contribution in [0, 0.1) is 0 Å². The molecule has 0 spiro atoms. The van der Waals surface area contributed by atoms with Crippen LogP contribution in [0.25, 0.3) is 22.4 Å². The lowest BCUT2D eigenvalue weighted by Crippen LogP contribution is -2.15. The van der Waals surface area contributed by atoms with Crippen molar-refractivity contribution in [2.45, 2.75) is 25.4 Å². The molecule has 0 unspecified atom stereocenters. The number of nitrogens with two attached hydrogens (primary N) is 1. The lowest BCUT2D eigenvalue weighted by Gasteiger charge is -2.03. The number of fused-ring (bicyclic) bond motifs is 1. The van der Waals surface area contributed by atoms with Crippen molar-refractivity contribution in [1.29, 1.82) is 0 Å². The minimum Gasteiger partial charge on any atom is -0.366 e. The normalized spacial score (nSPS) is 14.3. The third-order valence-corrected chi connectivity index (χ3v) is 4.18. The summed E-state index contributed by atoms with van der Waals surface area (Å²) in [6, 6.07) is 14.4. The number of benzene rings is 2. The second-order valence-corrected chi connectivity index (χ2v) is 6.00. The Morgan fingerprint density at radius 1 is 1.22 bits per heavy atom. The van der Waals surface area contributed by atoms with E-state index < -0.39 is 5.91 Å². The monoisotopic (exact) mass is 306 g/mol. The summed E-state index contributed by atoms with van der Waals surface area (Å²) in [5.74, 6) is 0.283. The zero-order chi connectivity index (χ0) is 15.8. The second kappa shape index (κ2) is 5.52. The summed E-state index contributed by atoms with van der Waals surface area (Å²) in [5.41, 5.74) is 9.54. The highest BCUT2D eigenvalue weighted by Gasteiger charge is 2.19. The number of carbonyl (C=O) groups excluding carboxylic acids is 1. The van der Waals surface area contributed by atoms with Gasteiger partial charge in [-0.15, -0.1) is 0 Å². The number of para-hydroxylation sites is 1. The van der Waals surface area contributed by atoms with Crippen LogP contribution >= 0.6 is 0 Å². The summed E-state index contributed by atoms with van der Waals surface area (Å²) < 4.78 is 0. The van der Waals surface area contributed by atoms with E-state index in [9.17, 15) is 4.79 Å². The highest BCUT2D eigenvalue weighted by atomic mass is 16.1. The molecule has 1 aliphatic rings. The van der Waals surface area contributed by atoms with Crippen molar-refractivity contribution < 1.29 is 4.79 Å². The Balaban J connectivity index is 1.63. The molecule has 4 rings (SSSR count). The van der Waals surface area contributed by atoms with Gasteiger partial charge < -0.3 is 16.0 Å². The number of nitrogens with zero attached hydrogens (tertiary/aromatic N) is 1. The van der Waals surface area contributed by atoms with E-state index in [1.54, 1.807) is 12.1 Å². The largest absolute Gasteiger partial charge is 0.366 e. The summed E-state index contributed by atoms with van der Waals surface area (Å²) in [6.45, 7) is 0.900. The highest BCUT2D eigenvalue weighted by molar-refractivity contribution is 6.04. The molecule has 23 heavy (non-hydrogen) atoms. The van der Waals surface area contributed by atoms with E-state index in [0.29, 0.717) is 17.1 Å². The Labute approximate surface area is 133 Å². The maximum absolute atomic E-state index is 11.5. The molecule has 0 saturated heterocycles. The summed E-state index contributed by atoms with van der Waals surface area (Å²) in [7, 11) is 0. The third kappa shape index (κ3) is 2.83. The molecular formula is C18H18N4O. The number of hydrogen-bond donors (Lipinski definition) is 3. The Morgan fingerprint density at radius 3 is 2.70 bits per heavy atom. The number of amides is 1. The van der Waals surface area contributed by atoms with Gasteiger partial charge in [0.1, 0.15) is 11.3 Å². The number of H-pyrrole nitrogens is 1. The van der Waals surface area contributed by atoms with Crippen LogP contribution in [0.15, 0.2) is 42.5 Å². The Bertz CT molecular complexity index is 862. The van der Waals surface area contributed by atoms with Crippen molar-refractivity contribution in [3.8, 4) is 11.4 Å². The fraction of sp³-hybridized carbons (Fsp3) is 0.222. The van der Waals surface area contributed by atoms with Gasteiger partial charge in [0.05, 0.1) is 11.1 Å². The van der Waals surface area contributed by atoms with Crippen molar-refractivity contribution in [3.63, 3.8) is 0 Å². The molecule has 5 heteroatoms. The summed E-state index contributed by atoms with van der Waals surface area (Å²) in [6.07, 6.45) is 2.58. The molecule has 116 valence electrons. The van der Waals surface area contributed by atoms with Gasteiger partial charge >= 0.3 is 0 Å². The molecule has 3 aromatic rings. The van der Waals surface area contributed by atoms with E-state index in [4.69, 9.17) is 5.73 Å². The smallest absolute Gasteiger partial charge is 0.250 e. The van der Waals surface area contributed by atoms with E-state index in [1.807, 2.05) is 18.2 Å². The molecule has 1 aromatic heterocycles. The summed E-state index contributed by atoms with van der Waals surface area (Å²) in [5, 5.41) is 3.50. The highest BCUT2D eigenvalue weighted by Crippen LogP contribution is 2.24. The number of nitrogens with one attached hydrogen (secondary N) is 2. The minimum absolute atomic E-state index is 0.440. The van der Waals surface area contributed by atoms with Gasteiger partial charge in [0, 0.05) is 18.2 Å². The molecule has 0 atom stereocenters. The van der Waals surface area contributed by atoms with Crippen molar-refractivity contribution in [2.75, 3.05) is 0 Å². The van der Waals surface area contributed by atoms with E-state index in [1.165, 1.54) is 18.4 Å². The molecule has 1 saturated carbocycles. The number of aromatic amines is 1. The van der Waals surface area contributed by atoms with E-state index in [0.717, 1.165) is 23.4 Å². The number of imidazole rings is 1. The Morgan fingerprint density at radius 2 is 2.00 bits per heavy atom. The predicted octanol–water partition coefficient (Wildman–Crippen LogP) is 2.58. The maximum atomic E-state index is 11.5. The zero-order valence-electron chi connectivity index (χ0n) is 12.7. The molecule has 1 aliphatic carbocycles. The molecule has 1 fully saturated rings. The fourth-order valence-electron chi connectivity index (χ4n) is 2.70. The molecule has 1 heterocycles. The van der Waals surface area contributed by atoms with Gasteiger partial charge in [0.2, 0.25) is 0 Å². The number of rotatable bonds is 5. The molecular weight excluding hydrogens is 288 g/mol. The van der Waals surface area contributed by atoms with Crippen molar-refractivity contribution in [1.82, 2.24) is 15.3 Å². The van der Waals surface area contributed by atoms with Crippen LogP contribution in [0.1, 0.15) is 28.8 Å². The average molecular weight is 306 g/mol. The molecule has 0 bridgehead atoms. The van der Waals surface area contributed by atoms with Gasteiger partial charge in [0.15, 0.2) is 0 Å². The zero-order valence-corrected chi connectivity index (χ0v) is 12.7. The minimum atomic E-state index is -0.463. The molecule has 1 amide bonds. The van der Waals surface area contributed by atoms with Crippen LogP contribution in [0.2, 0.25) is 0 Å². The fourth-order valence-corrected chi connectivity index (χ4v) is 2.70. The van der Waals surface area contributed by atoms with Gasteiger partial charge in [-0.05, 0) is 30.5 Å². The number of carbonyl (C=O) groups is 1. The number of primary amides is 1. The summed E-state index contributed by atoms with van der Waals surface area (Å²) >= 11 is 0. The van der Waals surface area contributed by atoms with Crippen LogP contribution in [0.3, 0.4) is 0 Å². The summed E-state index contributed by atoms with van der Waals surface area (Å²) in [4.78, 5) is 19.3. The predicted molar refractivity (Wildman–Crippen MR) is 89.9 cm³/mol. The quantitative estimate of drug-likeness (QED) is 0.677. The standard InChI is InChI=1S/C18H18N4O/c19-17(23)14-2-1-3-15-16(14)22-18(21-15)12-6-4-11(5-7-12)10-20-13-8-9-13/h1-7,13,20H,8-10H2,(H2,19,23)(H,21,22). The third-order valence-electron chi connectivity index (χ3n) is 4.18. The van der Waals surface area contributed by atoms with Crippen LogP contribution in [0.5, 0.6) is 0 Å². The van der Waals surface area contributed by atoms with E-state index >= 15 is 0 Å². The molecule has 4 N–H and O–H groups in total. The average Bonchev–Trinajstić information content (AvgIpc) is 3.29. The SMILES string of the molecule is NC(=O)c1cccc2[nH]c(-c3ccc(CNC4CC4)cc3)nc12. The first-order chi connectivity index (χ1) is 11.2. The van der Waals surface area contributed by atoms with E-state index in [2.05, 4.69) is 27.4 Å². The van der Waals surface area contributed by atoms with Crippen molar-refractivity contribution in [2.24, 2.45) is 5.73 Å². The van der Waals surface area contributed by atoms with Gasteiger partial charge in [-0.1, -0.05) is 30.3 Å². The first-order valence-corrected chi connectivity index (χ1v) is 7.82. The lowest BCUT2D eigenvalue weighted by atomic mass is 10.1.